The van der Waals surface area contributed by atoms with Gasteiger partial charge in [0.15, 0.2) is 0 Å². The van der Waals surface area contributed by atoms with Crippen molar-refractivity contribution < 1.29 is 20.1 Å². The summed E-state index contributed by atoms with van der Waals surface area (Å²) in [7, 11) is 3.00. The number of hydrogen-bond donors (Lipinski definition) is 3. The molecule has 0 unspecified atom stereocenters. The second kappa shape index (κ2) is 75.0. The van der Waals surface area contributed by atoms with Gasteiger partial charge in [0.1, 0.15) is 5.78 Å². The first kappa shape index (κ1) is 22.7. The van der Waals surface area contributed by atoms with Gasteiger partial charge in [-0.15, -0.1) is 0 Å². The molecule has 0 saturated carbocycles. The summed E-state index contributed by atoms with van der Waals surface area (Å²) >= 11 is 0. The van der Waals surface area contributed by atoms with Crippen molar-refractivity contribution in [1.82, 2.24) is 0 Å². The number of rotatable bonds is 0. The van der Waals surface area contributed by atoms with E-state index in [1.54, 1.807) is 0 Å². The smallest absolute Gasteiger partial charge is 0.126 e. The van der Waals surface area contributed by atoms with Crippen LogP contribution in [0.5, 0.6) is 0 Å². The molecule has 0 aromatic carbocycles. The van der Waals surface area contributed by atoms with Crippen molar-refractivity contribution in [2.24, 2.45) is 0 Å². The van der Waals surface area contributed by atoms with Gasteiger partial charge in [0.25, 0.3) is 0 Å². The number of carbonyl (C=O) groups excluding carboxylic acids is 1. The average molecular weight is 154 g/mol. The average Bonchev–Trinajstić information content (AvgIpc) is 1.98. The molecule has 10 heavy (non-hydrogen) atoms. The SMILES string of the molecule is CC(C)=O.CO.CO.CO. The Kier molecular flexibility index (Phi) is 170. The lowest BCUT2D eigenvalue weighted by Gasteiger charge is -1.56. The summed E-state index contributed by atoms with van der Waals surface area (Å²) in [6.45, 7) is 3.06. The van der Waals surface area contributed by atoms with Crippen molar-refractivity contribution in [3.05, 3.63) is 0 Å². The van der Waals surface area contributed by atoms with E-state index in [0.29, 0.717) is 0 Å². The lowest BCUT2D eigenvalue weighted by Crippen LogP contribution is -1.69. The molecule has 0 amide bonds. The van der Waals surface area contributed by atoms with Crippen LogP contribution in [0.25, 0.3) is 0 Å². The molecular formula is C6H18O4. The van der Waals surface area contributed by atoms with Crippen molar-refractivity contribution in [1.29, 1.82) is 0 Å². The molecule has 0 aliphatic heterocycles. The summed E-state index contributed by atoms with van der Waals surface area (Å²) in [5.74, 6) is 0.167. The fourth-order valence-corrected chi connectivity index (χ4v) is 0. The summed E-state index contributed by atoms with van der Waals surface area (Å²) < 4.78 is 0. The maximum atomic E-state index is 9.44. The second-order valence-electron chi connectivity index (χ2n) is 0.908. The standard InChI is InChI=1S/C3H6O.3CH4O/c1-3(2)4;3*1-2/h1-2H3;3*2H,1H3. The number of carbonyl (C=O) groups is 1. The van der Waals surface area contributed by atoms with Crippen LogP contribution in [-0.4, -0.2) is 42.4 Å². The molecular weight excluding hydrogens is 136 g/mol. The zero-order valence-corrected chi connectivity index (χ0v) is 7.25. The van der Waals surface area contributed by atoms with Gasteiger partial charge in [-0.25, -0.2) is 0 Å². The maximum absolute atomic E-state index is 9.44. The van der Waals surface area contributed by atoms with Gasteiger partial charge < -0.3 is 20.1 Å². The lowest BCUT2D eigenvalue weighted by molar-refractivity contribution is -0.114. The van der Waals surface area contributed by atoms with E-state index in [4.69, 9.17) is 15.3 Å². The highest BCUT2D eigenvalue weighted by Gasteiger charge is 1.62. The van der Waals surface area contributed by atoms with Crippen molar-refractivity contribution >= 4 is 5.78 Å². The zero-order chi connectivity index (χ0) is 9.58. The fourth-order valence-electron chi connectivity index (χ4n) is 0. The monoisotopic (exact) mass is 154 g/mol. The molecule has 4 heteroatoms. The van der Waals surface area contributed by atoms with Crippen molar-refractivity contribution in [3.63, 3.8) is 0 Å². The quantitative estimate of drug-likeness (QED) is 0.436. The fraction of sp³-hybridized carbons (Fsp3) is 0.833. The molecule has 0 fully saturated rings. The third-order valence-electron chi connectivity index (χ3n) is 0. The Hall–Kier alpha value is -0.450. The zero-order valence-electron chi connectivity index (χ0n) is 7.25. The molecule has 0 heterocycles. The van der Waals surface area contributed by atoms with E-state index in [1.165, 1.54) is 13.8 Å². The Morgan fingerprint density at radius 2 is 0.800 bits per heavy atom. The van der Waals surface area contributed by atoms with Crippen molar-refractivity contribution in [3.8, 4) is 0 Å². The molecule has 0 aliphatic carbocycles. The topological polar surface area (TPSA) is 77.8 Å². The van der Waals surface area contributed by atoms with Gasteiger partial charge >= 0.3 is 0 Å². The predicted octanol–water partition coefficient (Wildman–Crippen LogP) is -0.579. The molecule has 3 N–H and O–H groups in total. The van der Waals surface area contributed by atoms with Crippen molar-refractivity contribution in [2.75, 3.05) is 21.3 Å². The summed E-state index contributed by atoms with van der Waals surface area (Å²) in [5.41, 5.74) is 0. The van der Waals surface area contributed by atoms with Crippen LogP contribution in [0, 0.1) is 0 Å². The lowest BCUT2D eigenvalue weighted by atomic mass is 10.6. The molecule has 0 rings (SSSR count). The van der Waals surface area contributed by atoms with E-state index in [9.17, 15) is 4.79 Å². The first-order chi connectivity index (χ1) is 4.73. The van der Waals surface area contributed by atoms with Crippen LogP contribution in [0.1, 0.15) is 13.8 Å². The second-order valence-corrected chi connectivity index (χ2v) is 0.908. The van der Waals surface area contributed by atoms with Crippen LogP contribution < -0.4 is 0 Å². The Balaban J connectivity index is -0.0000000262. The molecule has 0 atom stereocenters. The van der Waals surface area contributed by atoms with Crippen LogP contribution in [0.3, 0.4) is 0 Å². The molecule has 0 aromatic heterocycles. The van der Waals surface area contributed by atoms with E-state index in [1.807, 2.05) is 0 Å². The first-order valence-electron chi connectivity index (χ1n) is 2.55. The summed E-state index contributed by atoms with van der Waals surface area (Å²) in [5, 5.41) is 21.0. The molecule has 4 nitrogen and oxygen atoms in total. The third-order valence-corrected chi connectivity index (χ3v) is 0. The van der Waals surface area contributed by atoms with Crippen LogP contribution in [-0.2, 0) is 4.79 Å². The Morgan fingerprint density at radius 3 is 0.800 bits per heavy atom. The van der Waals surface area contributed by atoms with E-state index in [0.717, 1.165) is 21.3 Å². The first-order valence-corrected chi connectivity index (χ1v) is 2.55. The van der Waals surface area contributed by atoms with Crippen molar-refractivity contribution in [2.45, 2.75) is 13.8 Å². The largest absolute Gasteiger partial charge is 0.400 e. The highest BCUT2D eigenvalue weighted by atomic mass is 16.2. The van der Waals surface area contributed by atoms with Gasteiger partial charge in [0.05, 0.1) is 0 Å². The van der Waals surface area contributed by atoms with Gasteiger partial charge in [0, 0.05) is 21.3 Å². The van der Waals surface area contributed by atoms with E-state index in [2.05, 4.69) is 0 Å². The molecule has 0 bridgehead atoms. The summed E-state index contributed by atoms with van der Waals surface area (Å²) in [4.78, 5) is 9.44. The van der Waals surface area contributed by atoms with Gasteiger partial charge in [-0.1, -0.05) is 0 Å². The van der Waals surface area contributed by atoms with Gasteiger partial charge in [-0.05, 0) is 13.8 Å². The summed E-state index contributed by atoms with van der Waals surface area (Å²) in [6.07, 6.45) is 0. The molecule has 0 saturated heterocycles. The number of Topliss-reactive ketones (excluding diaryl/α,β-unsaturated/α-hetero) is 1. The minimum atomic E-state index is 0.167. The predicted molar refractivity (Wildman–Crippen MR) is 40.8 cm³/mol. The molecule has 0 spiro atoms. The van der Waals surface area contributed by atoms with Gasteiger partial charge in [-0.3, -0.25) is 0 Å². The van der Waals surface area contributed by atoms with E-state index >= 15 is 0 Å². The minimum absolute atomic E-state index is 0.167. The highest BCUT2D eigenvalue weighted by Crippen LogP contribution is 1.50. The van der Waals surface area contributed by atoms with E-state index in [-0.39, 0.29) is 5.78 Å². The van der Waals surface area contributed by atoms with Gasteiger partial charge in [0.2, 0.25) is 0 Å². The number of hydrogen-bond acceptors (Lipinski definition) is 4. The molecule has 0 aromatic rings. The Bertz CT molecular complexity index is 32.7. The molecule has 0 radical (unpaired) electrons. The third kappa shape index (κ3) is 1600. The maximum Gasteiger partial charge on any atom is 0.126 e. The van der Waals surface area contributed by atoms with Crippen LogP contribution >= 0.6 is 0 Å². The summed E-state index contributed by atoms with van der Waals surface area (Å²) in [6, 6.07) is 0. The molecule has 66 valence electrons. The van der Waals surface area contributed by atoms with Crippen LogP contribution in [0.15, 0.2) is 0 Å². The van der Waals surface area contributed by atoms with Gasteiger partial charge in [-0.2, -0.15) is 0 Å². The number of aliphatic hydroxyl groups excluding tert-OH is 3. The highest BCUT2D eigenvalue weighted by molar-refractivity contribution is 5.72. The van der Waals surface area contributed by atoms with Crippen LogP contribution in [0.2, 0.25) is 0 Å². The normalized spacial score (nSPS) is 4.40. The Morgan fingerprint density at radius 1 is 0.800 bits per heavy atom. The molecule has 0 aliphatic rings. The van der Waals surface area contributed by atoms with Crippen LogP contribution in [0.4, 0.5) is 0 Å². The number of aliphatic hydroxyl groups is 3. The van der Waals surface area contributed by atoms with E-state index < -0.39 is 0 Å². The number of ketones is 1. The Labute approximate surface area is 62.1 Å². The minimum Gasteiger partial charge on any atom is -0.400 e.